The number of halogens is 1. The molecule has 1 aliphatic rings. The fraction of sp³-hybridized carbons (Fsp3) is 0.462. The molecule has 1 saturated carbocycles. The first kappa shape index (κ1) is 15.3. The van der Waals surface area contributed by atoms with Gasteiger partial charge in [-0.15, -0.1) is 0 Å². The van der Waals surface area contributed by atoms with E-state index in [1.54, 1.807) is 13.0 Å². The molecule has 0 aliphatic heterocycles. The first-order valence-electron chi connectivity index (χ1n) is 6.21. The average Bonchev–Trinajstić information content (AvgIpc) is 3.15. The molecule has 2 rings (SSSR count). The van der Waals surface area contributed by atoms with Gasteiger partial charge in [0.1, 0.15) is 5.54 Å². The van der Waals surface area contributed by atoms with Crippen LogP contribution in [0.4, 0.5) is 0 Å². The third-order valence-corrected chi connectivity index (χ3v) is 5.82. The van der Waals surface area contributed by atoms with Gasteiger partial charge in [-0.3, -0.25) is 4.79 Å². The smallest absolute Gasteiger partial charge is 0.324 e. The topological polar surface area (TPSA) is 83.5 Å². The van der Waals surface area contributed by atoms with Crippen LogP contribution in [0.5, 0.6) is 0 Å². The Labute approximate surface area is 123 Å². The molecule has 110 valence electrons. The zero-order chi connectivity index (χ0) is 15.1. The van der Waals surface area contributed by atoms with Gasteiger partial charge >= 0.3 is 5.97 Å². The number of carbonyl (C=O) groups is 1. The van der Waals surface area contributed by atoms with Crippen molar-refractivity contribution in [1.82, 2.24) is 4.72 Å². The van der Waals surface area contributed by atoms with Crippen LogP contribution < -0.4 is 4.72 Å². The monoisotopic (exact) mass is 317 g/mol. The van der Waals surface area contributed by atoms with Gasteiger partial charge in [0.2, 0.25) is 10.0 Å². The Morgan fingerprint density at radius 3 is 2.55 bits per heavy atom. The number of hydrogen-bond donors (Lipinski definition) is 2. The summed E-state index contributed by atoms with van der Waals surface area (Å²) in [5.74, 6) is -1.34. The second-order valence-corrected chi connectivity index (χ2v) is 7.31. The summed E-state index contributed by atoms with van der Waals surface area (Å²) in [6, 6.07) is 4.53. The van der Waals surface area contributed by atoms with Crippen LogP contribution in [0.2, 0.25) is 5.02 Å². The molecule has 0 aromatic heterocycles. The Kier molecular flexibility index (Phi) is 3.83. The van der Waals surface area contributed by atoms with E-state index in [-0.39, 0.29) is 10.8 Å². The van der Waals surface area contributed by atoms with Crippen molar-refractivity contribution < 1.29 is 18.3 Å². The molecule has 1 unspecified atom stereocenters. The lowest BCUT2D eigenvalue weighted by Crippen LogP contribution is -2.53. The van der Waals surface area contributed by atoms with Crippen LogP contribution in [0.3, 0.4) is 0 Å². The van der Waals surface area contributed by atoms with E-state index in [0.29, 0.717) is 23.4 Å². The van der Waals surface area contributed by atoms with E-state index < -0.39 is 21.5 Å². The van der Waals surface area contributed by atoms with Gasteiger partial charge in [0, 0.05) is 5.02 Å². The summed E-state index contributed by atoms with van der Waals surface area (Å²) in [5.41, 5.74) is -1.07. The van der Waals surface area contributed by atoms with Gasteiger partial charge in [-0.2, -0.15) is 4.72 Å². The van der Waals surface area contributed by atoms with Crippen LogP contribution in [0.25, 0.3) is 0 Å². The molecule has 0 bridgehead atoms. The average molecular weight is 318 g/mol. The highest BCUT2D eigenvalue weighted by Crippen LogP contribution is 2.40. The van der Waals surface area contributed by atoms with E-state index in [1.807, 2.05) is 0 Å². The van der Waals surface area contributed by atoms with Gasteiger partial charge in [0.05, 0.1) is 4.90 Å². The summed E-state index contributed by atoms with van der Waals surface area (Å²) in [7, 11) is -3.94. The highest BCUT2D eigenvalue weighted by atomic mass is 35.5. The predicted molar refractivity (Wildman–Crippen MR) is 75.3 cm³/mol. The Morgan fingerprint density at radius 2 is 2.05 bits per heavy atom. The molecular weight excluding hydrogens is 302 g/mol. The summed E-state index contributed by atoms with van der Waals surface area (Å²) >= 11 is 5.92. The van der Waals surface area contributed by atoms with Gasteiger partial charge in [-0.25, -0.2) is 8.42 Å². The molecule has 0 spiro atoms. The van der Waals surface area contributed by atoms with Crippen molar-refractivity contribution in [2.24, 2.45) is 5.92 Å². The summed E-state index contributed by atoms with van der Waals surface area (Å²) in [6.07, 6.45) is 1.42. The summed E-state index contributed by atoms with van der Waals surface area (Å²) in [6.45, 7) is 3.00. The second-order valence-electron chi connectivity index (χ2n) is 5.25. The van der Waals surface area contributed by atoms with Crippen LogP contribution >= 0.6 is 11.6 Å². The number of sulfonamides is 1. The van der Waals surface area contributed by atoms with E-state index in [9.17, 15) is 18.3 Å². The maximum Gasteiger partial charge on any atom is 0.324 e. The predicted octanol–water partition coefficient (Wildman–Crippen LogP) is 2.18. The van der Waals surface area contributed by atoms with Gasteiger partial charge in [-0.05, 0) is 50.3 Å². The zero-order valence-electron chi connectivity index (χ0n) is 11.2. The number of hydrogen-bond acceptors (Lipinski definition) is 3. The number of carboxylic acid groups (broad SMARTS) is 1. The molecule has 1 fully saturated rings. The van der Waals surface area contributed by atoms with Crippen LogP contribution in [-0.4, -0.2) is 25.0 Å². The number of aliphatic carboxylic acids is 1. The van der Waals surface area contributed by atoms with Crippen LogP contribution in [0.15, 0.2) is 23.1 Å². The normalized spacial score (nSPS) is 18.6. The van der Waals surface area contributed by atoms with Crippen molar-refractivity contribution >= 4 is 27.6 Å². The minimum atomic E-state index is -3.94. The molecule has 0 heterocycles. The van der Waals surface area contributed by atoms with Gasteiger partial charge < -0.3 is 5.11 Å². The maximum absolute atomic E-state index is 12.4. The molecule has 1 aromatic rings. The Morgan fingerprint density at radius 1 is 1.45 bits per heavy atom. The van der Waals surface area contributed by atoms with Gasteiger partial charge in [-0.1, -0.05) is 17.7 Å². The number of benzene rings is 1. The SMILES string of the molecule is Cc1c(Cl)cccc1S(=O)(=O)NC(C)(C(=O)O)C1CC1. The number of rotatable bonds is 5. The van der Waals surface area contributed by atoms with Crippen molar-refractivity contribution in [1.29, 1.82) is 0 Å². The second kappa shape index (κ2) is 5.02. The largest absolute Gasteiger partial charge is 0.480 e. The van der Waals surface area contributed by atoms with E-state index >= 15 is 0 Å². The molecule has 0 amide bonds. The number of nitrogens with one attached hydrogen (secondary N) is 1. The third kappa shape index (κ3) is 2.68. The lowest BCUT2D eigenvalue weighted by atomic mass is 9.98. The zero-order valence-corrected chi connectivity index (χ0v) is 12.8. The first-order valence-corrected chi connectivity index (χ1v) is 8.07. The van der Waals surface area contributed by atoms with Crippen molar-refractivity contribution in [3.05, 3.63) is 28.8 Å². The summed E-state index contributed by atoms with van der Waals surface area (Å²) < 4.78 is 27.2. The fourth-order valence-corrected chi connectivity index (χ4v) is 4.10. The van der Waals surface area contributed by atoms with Crippen LogP contribution in [0, 0.1) is 12.8 Å². The molecule has 0 saturated heterocycles. The van der Waals surface area contributed by atoms with Crippen molar-refractivity contribution in [3.8, 4) is 0 Å². The molecule has 20 heavy (non-hydrogen) atoms. The van der Waals surface area contributed by atoms with E-state index in [2.05, 4.69) is 4.72 Å². The highest BCUT2D eigenvalue weighted by Gasteiger charge is 2.50. The molecule has 5 nitrogen and oxygen atoms in total. The Hall–Kier alpha value is -1.11. The Bertz CT molecular complexity index is 654. The lowest BCUT2D eigenvalue weighted by molar-refractivity contribution is -0.144. The van der Waals surface area contributed by atoms with E-state index in [4.69, 9.17) is 11.6 Å². The number of carboxylic acids is 1. The summed E-state index contributed by atoms with van der Waals surface area (Å²) in [4.78, 5) is 11.4. The quantitative estimate of drug-likeness (QED) is 0.872. The molecule has 7 heteroatoms. The summed E-state index contributed by atoms with van der Waals surface area (Å²) in [5, 5.41) is 9.65. The molecular formula is C13H16ClNO4S. The van der Waals surface area contributed by atoms with Gasteiger partial charge in [0.25, 0.3) is 0 Å². The standard InChI is InChI=1S/C13H16ClNO4S/c1-8-10(14)4-3-5-11(8)20(18,19)15-13(2,12(16)17)9-6-7-9/h3-5,9,15H,6-7H2,1-2H3,(H,16,17). The van der Waals surface area contributed by atoms with E-state index in [1.165, 1.54) is 19.1 Å². The van der Waals surface area contributed by atoms with Crippen molar-refractivity contribution in [2.45, 2.75) is 37.1 Å². The molecule has 0 radical (unpaired) electrons. The van der Waals surface area contributed by atoms with Crippen LogP contribution in [0.1, 0.15) is 25.3 Å². The minimum absolute atomic E-state index is 0.0122. The molecule has 1 aliphatic carbocycles. The first-order chi connectivity index (χ1) is 9.18. The lowest BCUT2D eigenvalue weighted by Gasteiger charge is -2.26. The highest BCUT2D eigenvalue weighted by molar-refractivity contribution is 7.89. The molecule has 1 aromatic carbocycles. The third-order valence-electron chi connectivity index (χ3n) is 3.69. The Balaban J connectivity index is 2.41. The minimum Gasteiger partial charge on any atom is -0.480 e. The van der Waals surface area contributed by atoms with Gasteiger partial charge in [0.15, 0.2) is 0 Å². The fourth-order valence-electron chi connectivity index (χ4n) is 2.18. The van der Waals surface area contributed by atoms with E-state index in [0.717, 1.165) is 0 Å². The maximum atomic E-state index is 12.4. The van der Waals surface area contributed by atoms with Crippen molar-refractivity contribution in [2.75, 3.05) is 0 Å². The molecule has 1 atom stereocenters. The molecule has 2 N–H and O–H groups in total. The van der Waals surface area contributed by atoms with Crippen molar-refractivity contribution in [3.63, 3.8) is 0 Å². The van der Waals surface area contributed by atoms with Crippen LogP contribution in [-0.2, 0) is 14.8 Å².